The second-order valence-electron chi connectivity index (χ2n) is 4.90. The average Bonchev–Trinajstić information content (AvgIpc) is 2.37. The van der Waals surface area contributed by atoms with Crippen molar-refractivity contribution in [2.75, 3.05) is 0 Å². The summed E-state index contributed by atoms with van der Waals surface area (Å²) in [5, 5.41) is 10.4. The van der Waals surface area contributed by atoms with Gasteiger partial charge in [-0.05, 0) is 43.5 Å². The minimum atomic E-state index is -0.939. The number of hydrogen-bond acceptors (Lipinski definition) is 1. The molecule has 0 aliphatic carbocycles. The van der Waals surface area contributed by atoms with Crippen LogP contribution in [0.2, 0.25) is 0 Å². The van der Waals surface area contributed by atoms with E-state index in [4.69, 9.17) is 0 Å². The molecule has 1 atom stereocenters. The molecule has 1 unspecified atom stereocenters. The smallest absolute Gasteiger partial charge is 0.129 e. The Morgan fingerprint density at radius 2 is 1.63 bits per heavy atom. The number of aliphatic hydroxyl groups is 1. The molecule has 1 nitrogen and oxygen atoms in total. The van der Waals surface area contributed by atoms with E-state index in [1.165, 1.54) is 6.07 Å². The van der Waals surface area contributed by atoms with Gasteiger partial charge in [-0.25, -0.2) is 4.39 Å². The average molecular weight is 323 g/mol. The van der Waals surface area contributed by atoms with Crippen molar-refractivity contribution < 1.29 is 9.50 Å². The van der Waals surface area contributed by atoms with Gasteiger partial charge >= 0.3 is 0 Å². The van der Waals surface area contributed by atoms with Crippen LogP contribution in [0, 0.1) is 26.6 Å². The lowest BCUT2D eigenvalue weighted by atomic mass is 9.96. The molecule has 0 amide bonds. The number of halogens is 2. The van der Waals surface area contributed by atoms with E-state index in [1.54, 1.807) is 12.1 Å². The fraction of sp³-hybridized carbons (Fsp3) is 0.250. The zero-order chi connectivity index (χ0) is 14.2. The molecule has 0 spiro atoms. The van der Waals surface area contributed by atoms with Gasteiger partial charge in [0.1, 0.15) is 11.9 Å². The fourth-order valence-electron chi connectivity index (χ4n) is 2.19. The largest absolute Gasteiger partial charge is 0.384 e. The molecular formula is C16H16BrFO. The summed E-state index contributed by atoms with van der Waals surface area (Å²) in [6, 6.07) is 8.54. The van der Waals surface area contributed by atoms with Gasteiger partial charge in [0.2, 0.25) is 0 Å². The first-order valence-corrected chi connectivity index (χ1v) is 6.90. The van der Waals surface area contributed by atoms with Gasteiger partial charge in [-0.2, -0.15) is 0 Å². The highest BCUT2D eigenvalue weighted by atomic mass is 79.9. The highest BCUT2D eigenvalue weighted by Crippen LogP contribution is 2.30. The van der Waals surface area contributed by atoms with E-state index >= 15 is 0 Å². The molecule has 0 aliphatic rings. The lowest BCUT2D eigenvalue weighted by molar-refractivity contribution is 0.214. The minimum absolute atomic E-state index is 0.320. The molecule has 0 radical (unpaired) electrons. The number of aryl methyl sites for hydroxylation is 3. The Morgan fingerprint density at radius 1 is 1.05 bits per heavy atom. The normalized spacial score (nSPS) is 12.5. The zero-order valence-corrected chi connectivity index (χ0v) is 12.8. The number of hydrogen-bond donors (Lipinski definition) is 1. The first kappa shape index (κ1) is 14.2. The van der Waals surface area contributed by atoms with Crippen LogP contribution in [0.1, 0.15) is 33.9 Å². The van der Waals surface area contributed by atoms with Crippen molar-refractivity contribution in [1.29, 1.82) is 0 Å². The van der Waals surface area contributed by atoms with Gasteiger partial charge in [0.15, 0.2) is 0 Å². The van der Waals surface area contributed by atoms with Crippen LogP contribution in [-0.4, -0.2) is 5.11 Å². The molecule has 100 valence electrons. The van der Waals surface area contributed by atoms with Crippen molar-refractivity contribution in [3.8, 4) is 0 Å². The lowest BCUT2D eigenvalue weighted by Crippen LogP contribution is -2.04. The maximum absolute atomic E-state index is 13.8. The molecule has 2 aromatic rings. The van der Waals surface area contributed by atoms with Crippen molar-refractivity contribution in [1.82, 2.24) is 0 Å². The van der Waals surface area contributed by atoms with Gasteiger partial charge in [0.05, 0.1) is 0 Å². The third-order valence-electron chi connectivity index (χ3n) is 3.22. The lowest BCUT2D eigenvalue weighted by Gasteiger charge is -2.15. The molecule has 2 rings (SSSR count). The molecule has 0 bridgehead atoms. The van der Waals surface area contributed by atoms with Crippen molar-refractivity contribution in [2.45, 2.75) is 26.9 Å². The molecule has 0 heterocycles. The molecule has 0 saturated heterocycles. The number of benzene rings is 2. The van der Waals surface area contributed by atoms with E-state index in [2.05, 4.69) is 15.9 Å². The standard InChI is InChI=1S/C16H16BrFO/c1-9-4-5-14(18)13(6-9)16(19)12-7-10(2)15(17)11(3)8-12/h4-8,16,19H,1-3H3. The molecule has 3 heteroatoms. The van der Waals surface area contributed by atoms with Crippen LogP contribution in [-0.2, 0) is 0 Å². The first-order chi connectivity index (χ1) is 8.90. The first-order valence-electron chi connectivity index (χ1n) is 6.11. The molecule has 19 heavy (non-hydrogen) atoms. The third kappa shape index (κ3) is 2.88. The number of rotatable bonds is 2. The summed E-state index contributed by atoms with van der Waals surface area (Å²) in [4.78, 5) is 0. The Kier molecular flexibility index (Phi) is 4.07. The Labute approximate surface area is 121 Å². The van der Waals surface area contributed by atoms with Gasteiger partial charge in [-0.3, -0.25) is 0 Å². The van der Waals surface area contributed by atoms with E-state index < -0.39 is 6.10 Å². The Bertz CT molecular complexity index is 599. The summed E-state index contributed by atoms with van der Waals surface area (Å²) in [6.07, 6.45) is -0.939. The summed E-state index contributed by atoms with van der Waals surface area (Å²) in [6.45, 7) is 5.80. The van der Waals surface area contributed by atoms with E-state index in [-0.39, 0.29) is 5.82 Å². The van der Waals surface area contributed by atoms with E-state index in [0.29, 0.717) is 11.1 Å². The van der Waals surface area contributed by atoms with Gasteiger partial charge in [0, 0.05) is 10.0 Å². The molecule has 0 aromatic heterocycles. The van der Waals surface area contributed by atoms with Crippen LogP contribution in [0.5, 0.6) is 0 Å². The third-order valence-corrected chi connectivity index (χ3v) is 4.47. The number of aliphatic hydroxyl groups excluding tert-OH is 1. The predicted octanol–water partition coefficient (Wildman–Crippen LogP) is 4.60. The van der Waals surface area contributed by atoms with Gasteiger partial charge in [-0.1, -0.05) is 45.8 Å². The second-order valence-corrected chi connectivity index (χ2v) is 5.69. The van der Waals surface area contributed by atoms with Crippen LogP contribution in [0.3, 0.4) is 0 Å². The monoisotopic (exact) mass is 322 g/mol. The Morgan fingerprint density at radius 3 is 2.21 bits per heavy atom. The van der Waals surface area contributed by atoms with Crippen LogP contribution in [0.4, 0.5) is 4.39 Å². The summed E-state index contributed by atoms with van der Waals surface area (Å²) >= 11 is 3.49. The fourth-order valence-corrected chi connectivity index (χ4v) is 2.42. The SMILES string of the molecule is Cc1ccc(F)c(C(O)c2cc(C)c(Br)c(C)c2)c1. The topological polar surface area (TPSA) is 20.2 Å². The zero-order valence-electron chi connectivity index (χ0n) is 11.2. The van der Waals surface area contributed by atoms with Crippen molar-refractivity contribution in [3.05, 3.63) is 68.4 Å². The predicted molar refractivity (Wildman–Crippen MR) is 78.8 cm³/mol. The van der Waals surface area contributed by atoms with Crippen molar-refractivity contribution >= 4 is 15.9 Å². The van der Waals surface area contributed by atoms with E-state index in [9.17, 15) is 9.50 Å². The molecule has 0 fully saturated rings. The highest BCUT2D eigenvalue weighted by molar-refractivity contribution is 9.10. The molecule has 0 aliphatic heterocycles. The molecule has 1 N–H and O–H groups in total. The van der Waals surface area contributed by atoms with E-state index in [1.807, 2.05) is 32.9 Å². The Hall–Kier alpha value is -1.19. The van der Waals surface area contributed by atoms with Crippen LogP contribution in [0.15, 0.2) is 34.8 Å². The highest BCUT2D eigenvalue weighted by Gasteiger charge is 2.16. The van der Waals surface area contributed by atoms with Gasteiger partial charge in [0.25, 0.3) is 0 Å². The maximum Gasteiger partial charge on any atom is 0.129 e. The van der Waals surface area contributed by atoms with Crippen LogP contribution in [0.25, 0.3) is 0 Å². The van der Waals surface area contributed by atoms with Gasteiger partial charge < -0.3 is 5.11 Å². The van der Waals surface area contributed by atoms with Crippen LogP contribution >= 0.6 is 15.9 Å². The summed E-state index contributed by atoms with van der Waals surface area (Å²) in [5.74, 6) is -0.378. The van der Waals surface area contributed by atoms with Crippen molar-refractivity contribution in [2.24, 2.45) is 0 Å². The molecule has 2 aromatic carbocycles. The minimum Gasteiger partial charge on any atom is -0.384 e. The Balaban J connectivity index is 2.49. The molecule has 0 saturated carbocycles. The maximum atomic E-state index is 13.8. The summed E-state index contributed by atoms with van der Waals surface area (Å²) < 4.78 is 14.8. The van der Waals surface area contributed by atoms with Crippen molar-refractivity contribution in [3.63, 3.8) is 0 Å². The van der Waals surface area contributed by atoms with E-state index in [0.717, 1.165) is 21.2 Å². The van der Waals surface area contributed by atoms with Gasteiger partial charge in [-0.15, -0.1) is 0 Å². The summed E-state index contributed by atoms with van der Waals surface area (Å²) in [7, 11) is 0. The summed E-state index contributed by atoms with van der Waals surface area (Å²) in [5.41, 5.74) is 4.02. The quantitative estimate of drug-likeness (QED) is 0.857. The second kappa shape index (κ2) is 5.43. The van der Waals surface area contributed by atoms with Crippen LogP contribution < -0.4 is 0 Å². The molecular weight excluding hydrogens is 307 g/mol.